The van der Waals surface area contributed by atoms with Gasteiger partial charge in [0.2, 0.25) is 0 Å². The third-order valence-electron chi connectivity index (χ3n) is 5.17. The fourth-order valence-electron chi connectivity index (χ4n) is 3.68. The first kappa shape index (κ1) is 17.8. The van der Waals surface area contributed by atoms with E-state index in [1.165, 1.54) is 25.8 Å². The maximum atomic E-state index is 12.5. The third kappa shape index (κ3) is 5.01. The van der Waals surface area contributed by atoms with Crippen LogP contribution in [0.15, 0.2) is 24.5 Å². The number of hydrogen-bond acceptors (Lipinski definition) is 4. The molecule has 0 bridgehead atoms. The summed E-state index contributed by atoms with van der Waals surface area (Å²) in [7, 11) is 1.38. The van der Waals surface area contributed by atoms with Crippen LogP contribution >= 0.6 is 0 Å². The number of rotatable bonds is 7. The van der Waals surface area contributed by atoms with Crippen molar-refractivity contribution in [3.8, 4) is 5.75 Å². The summed E-state index contributed by atoms with van der Waals surface area (Å²) in [5.74, 6) is 1.69. The molecule has 1 aromatic heterocycles. The van der Waals surface area contributed by atoms with Crippen molar-refractivity contribution in [3.63, 3.8) is 0 Å². The van der Waals surface area contributed by atoms with Crippen molar-refractivity contribution in [2.24, 2.45) is 0 Å². The molecule has 2 aliphatic rings. The van der Waals surface area contributed by atoms with Gasteiger partial charge in [0.25, 0.3) is 0 Å². The fourth-order valence-corrected chi connectivity index (χ4v) is 4.97. The standard InChI is InChI=1S/C18H29N3O2S/c1-20-12-2-4-16(20)5-3-15-24(22)21-13-8-18(9-14-21)23-17-6-10-19-11-7-17/h6-7,10-11,16,18H,2-5,8-9,12-15H2,1H3. The Hall–Kier alpha value is -0.980. The van der Waals surface area contributed by atoms with Crippen molar-refractivity contribution in [1.29, 1.82) is 0 Å². The van der Waals surface area contributed by atoms with E-state index in [-0.39, 0.29) is 6.10 Å². The number of pyridine rings is 1. The zero-order valence-electron chi connectivity index (χ0n) is 14.6. The molecular weight excluding hydrogens is 322 g/mol. The Kier molecular flexibility index (Phi) is 6.63. The zero-order valence-corrected chi connectivity index (χ0v) is 15.4. The molecule has 0 aromatic carbocycles. The Balaban J connectivity index is 1.34. The van der Waals surface area contributed by atoms with Crippen LogP contribution < -0.4 is 4.74 Å². The van der Waals surface area contributed by atoms with Crippen LogP contribution in [-0.2, 0) is 11.0 Å². The van der Waals surface area contributed by atoms with E-state index in [4.69, 9.17) is 4.74 Å². The Morgan fingerprint density at radius 1 is 1.21 bits per heavy atom. The summed E-state index contributed by atoms with van der Waals surface area (Å²) in [5.41, 5.74) is 0. The lowest BCUT2D eigenvalue weighted by molar-refractivity contribution is 0.137. The van der Waals surface area contributed by atoms with E-state index in [0.29, 0.717) is 6.04 Å². The highest BCUT2D eigenvalue weighted by Crippen LogP contribution is 2.21. The molecule has 0 spiro atoms. The lowest BCUT2D eigenvalue weighted by atomic mass is 10.1. The topological polar surface area (TPSA) is 45.7 Å². The zero-order chi connectivity index (χ0) is 16.8. The predicted molar refractivity (Wildman–Crippen MR) is 97.4 cm³/mol. The van der Waals surface area contributed by atoms with Gasteiger partial charge in [0.15, 0.2) is 0 Å². The molecule has 2 aliphatic heterocycles. The van der Waals surface area contributed by atoms with Gasteiger partial charge in [0.05, 0.1) is 11.0 Å². The van der Waals surface area contributed by atoms with Crippen molar-refractivity contribution in [3.05, 3.63) is 24.5 Å². The van der Waals surface area contributed by atoms with Gasteiger partial charge in [0.1, 0.15) is 11.9 Å². The van der Waals surface area contributed by atoms with Crippen molar-refractivity contribution in [2.45, 2.75) is 50.7 Å². The first-order chi connectivity index (χ1) is 11.7. The molecule has 2 unspecified atom stereocenters. The second kappa shape index (κ2) is 8.92. The molecule has 1 aromatic rings. The van der Waals surface area contributed by atoms with Crippen molar-refractivity contribution in [1.82, 2.24) is 14.2 Å². The summed E-state index contributed by atoms with van der Waals surface area (Å²) in [4.78, 5) is 6.45. The summed E-state index contributed by atoms with van der Waals surface area (Å²) in [6.07, 6.45) is 10.5. The van der Waals surface area contributed by atoms with E-state index >= 15 is 0 Å². The minimum absolute atomic E-state index is 0.229. The molecule has 2 fully saturated rings. The molecule has 0 radical (unpaired) electrons. The van der Waals surface area contributed by atoms with Gasteiger partial charge in [-0.1, -0.05) is 0 Å². The number of aromatic nitrogens is 1. The summed E-state index contributed by atoms with van der Waals surface area (Å²) in [6.45, 7) is 2.95. The van der Waals surface area contributed by atoms with Crippen LogP contribution in [0.2, 0.25) is 0 Å². The van der Waals surface area contributed by atoms with Crippen LogP contribution in [0.1, 0.15) is 38.5 Å². The molecule has 0 N–H and O–H groups in total. The number of likely N-dealkylation sites (tertiary alicyclic amines) is 1. The Morgan fingerprint density at radius 3 is 2.62 bits per heavy atom. The number of hydrogen-bond donors (Lipinski definition) is 0. The average molecular weight is 352 g/mol. The van der Waals surface area contributed by atoms with Crippen LogP contribution in [-0.4, -0.2) is 63.0 Å². The van der Waals surface area contributed by atoms with Gasteiger partial charge in [-0.15, -0.1) is 0 Å². The SMILES string of the molecule is CN1CCCC1CCCS(=O)N1CCC(Oc2ccncc2)CC1. The van der Waals surface area contributed by atoms with E-state index < -0.39 is 11.0 Å². The molecule has 134 valence electrons. The van der Waals surface area contributed by atoms with Gasteiger partial charge in [-0.05, 0) is 64.3 Å². The van der Waals surface area contributed by atoms with Crippen LogP contribution in [0, 0.1) is 0 Å². The summed E-state index contributed by atoms with van der Waals surface area (Å²) >= 11 is 0. The van der Waals surface area contributed by atoms with E-state index in [1.54, 1.807) is 12.4 Å². The molecule has 0 aliphatic carbocycles. The van der Waals surface area contributed by atoms with Gasteiger partial charge in [0, 0.05) is 37.3 Å². The van der Waals surface area contributed by atoms with E-state index in [0.717, 1.165) is 43.9 Å². The predicted octanol–water partition coefficient (Wildman–Crippen LogP) is 2.46. The molecule has 3 rings (SSSR count). The van der Waals surface area contributed by atoms with Gasteiger partial charge in [-0.25, -0.2) is 8.51 Å². The second-order valence-electron chi connectivity index (χ2n) is 6.87. The Bertz CT molecular complexity index is 520. The monoisotopic (exact) mass is 351 g/mol. The summed E-state index contributed by atoms with van der Waals surface area (Å²) in [6, 6.07) is 4.50. The summed E-state index contributed by atoms with van der Waals surface area (Å²) < 4.78 is 20.6. The number of ether oxygens (including phenoxy) is 1. The van der Waals surface area contributed by atoms with Crippen LogP contribution in [0.25, 0.3) is 0 Å². The van der Waals surface area contributed by atoms with Gasteiger partial charge < -0.3 is 9.64 Å². The first-order valence-corrected chi connectivity index (χ1v) is 10.4. The third-order valence-corrected chi connectivity index (χ3v) is 6.75. The highest BCUT2D eigenvalue weighted by molar-refractivity contribution is 7.82. The molecule has 3 heterocycles. The van der Waals surface area contributed by atoms with Crippen molar-refractivity contribution < 1.29 is 8.95 Å². The maximum Gasteiger partial charge on any atom is 0.122 e. The summed E-state index contributed by atoms with van der Waals surface area (Å²) in [5, 5.41) is 0. The van der Waals surface area contributed by atoms with Crippen LogP contribution in [0.5, 0.6) is 5.75 Å². The molecule has 0 amide bonds. The van der Waals surface area contributed by atoms with Gasteiger partial charge >= 0.3 is 0 Å². The molecular formula is C18H29N3O2S. The van der Waals surface area contributed by atoms with Gasteiger partial charge in [-0.2, -0.15) is 0 Å². The molecule has 0 saturated carbocycles. The van der Waals surface area contributed by atoms with E-state index in [1.807, 2.05) is 12.1 Å². The number of piperidine rings is 1. The van der Waals surface area contributed by atoms with Gasteiger partial charge in [-0.3, -0.25) is 4.98 Å². The fraction of sp³-hybridized carbons (Fsp3) is 0.722. The molecule has 5 nitrogen and oxygen atoms in total. The minimum atomic E-state index is -0.830. The van der Waals surface area contributed by atoms with Crippen molar-refractivity contribution >= 4 is 11.0 Å². The van der Waals surface area contributed by atoms with E-state index in [9.17, 15) is 4.21 Å². The number of nitrogens with zero attached hydrogens (tertiary/aromatic N) is 3. The smallest absolute Gasteiger partial charge is 0.122 e. The first-order valence-electron chi connectivity index (χ1n) is 9.13. The lowest BCUT2D eigenvalue weighted by Crippen LogP contribution is -2.40. The second-order valence-corrected chi connectivity index (χ2v) is 8.44. The van der Waals surface area contributed by atoms with Crippen LogP contribution in [0.4, 0.5) is 0 Å². The Morgan fingerprint density at radius 2 is 1.96 bits per heavy atom. The highest BCUT2D eigenvalue weighted by Gasteiger charge is 2.25. The normalized spacial score (nSPS) is 25.0. The van der Waals surface area contributed by atoms with Crippen molar-refractivity contribution in [2.75, 3.05) is 32.4 Å². The Labute approximate surface area is 148 Å². The average Bonchev–Trinajstić information content (AvgIpc) is 3.01. The maximum absolute atomic E-state index is 12.5. The minimum Gasteiger partial charge on any atom is -0.490 e. The molecule has 24 heavy (non-hydrogen) atoms. The van der Waals surface area contributed by atoms with Crippen LogP contribution in [0.3, 0.4) is 0 Å². The molecule has 6 heteroatoms. The molecule has 2 atom stereocenters. The quantitative estimate of drug-likeness (QED) is 0.757. The highest BCUT2D eigenvalue weighted by atomic mass is 32.2. The molecule has 2 saturated heterocycles. The largest absolute Gasteiger partial charge is 0.490 e. The lowest BCUT2D eigenvalue weighted by Gasteiger charge is -2.31. The van der Waals surface area contributed by atoms with E-state index in [2.05, 4.69) is 21.2 Å².